The number of halogens is 1. The van der Waals surface area contributed by atoms with E-state index < -0.39 is 0 Å². The highest BCUT2D eigenvalue weighted by molar-refractivity contribution is 9.10. The zero-order valence-electron chi connectivity index (χ0n) is 15.8. The van der Waals surface area contributed by atoms with Crippen LogP contribution in [0, 0.1) is 0 Å². The molecule has 1 fully saturated rings. The number of hydrogen-bond donors (Lipinski definition) is 3. The van der Waals surface area contributed by atoms with E-state index in [1.54, 1.807) is 13.2 Å². The van der Waals surface area contributed by atoms with Crippen molar-refractivity contribution in [2.75, 3.05) is 25.5 Å². The molecule has 2 aromatic heterocycles. The van der Waals surface area contributed by atoms with Crippen LogP contribution in [-0.2, 0) is 6.54 Å². The summed E-state index contributed by atoms with van der Waals surface area (Å²) in [5.74, 6) is -0.120. The average molecular weight is 442 g/mol. The first kappa shape index (κ1) is 19.0. The minimum absolute atomic E-state index is 0.120. The number of carbonyl (C=O) groups is 1. The van der Waals surface area contributed by atoms with E-state index in [1.807, 2.05) is 12.3 Å². The number of H-pyrrole nitrogens is 1. The number of aromatic nitrogens is 2. The summed E-state index contributed by atoms with van der Waals surface area (Å²) in [5, 5.41) is 7.30. The number of nitrogens with one attached hydrogen (secondary N) is 3. The van der Waals surface area contributed by atoms with Gasteiger partial charge in [-0.3, -0.25) is 9.69 Å². The molecule has 6 nitrogen and oxygen atoms in total. The van der Waals surface area contributed by atoms with Crippen LogP contribution in [0.1, 0.15) is 28.8 Å². The third kappa shape index (κ3) is 4.05. The number of carbonyl (C=O) groups excluding carboxylic acids is 1. The van der Waals surface area contributed by atoms with Crippen molar-refractivity contribution < 1.29 is 4.79 Å². The fourth-order valence-electron chi connectivity index (χ4n) is 3.80. The fraction of sp³-hybridized carbons (Fsp3) is 0.333. The SMILES string of the molecule is CNC(=O)c1cnc2[nH]ccc2c1NC1CCN(Cc2cccc(Br)c2)CC1. The lowest BCUT2D eigenvalue weighted by Crippen LogP contribution is -2.39. The molecule has 3 N–H and O–H groups in total. The van der Waals surface area contributed by atoms with Gasteiger partial charge < -0.3 is 15.6 Å². The van der Waals surface area contributed by atoms with Crippen LogP contribution in [0.25, 0.3) is 11.0 Å². The third-order valence-corrected chi connectivity index (χ3v) is 5.78. The second-order valence-corrected chi connectivity index (χ2v) is 8.11. The molecule has 0 atom stereocenters. The molecule has 3 aromatic rings. The first-order valence-corrected chi connectivity index (χ1v) is 10.3. The van der Waals surface area contributed by atoms with E-state index >= 15 is 0 Å². The monoisotopic (exact) mass is 441 g/mol. The van der Waals surface area contributed by atoms with Gasteiger partial charge in [-0.05, 0) is 36.6 Å². The number of pyridine rings is 1. The summed E-state index contributed by atoms with van der Waals surface area (Å²) in [6.07, 6.45) is 5.57. The molecule has 1 aromatic carbocycles. The van der Waals surface area contributed by atoms with Gasteiger partial charge in [0.05, 0.1) is 11.3 Å². The molecule has 0 aliphatic carbocycles. The summed E-state index contributed by atoms with van der Waals surface area (Å²) in [4.78, 5) is 22.3. The molecule has 1 saturated heterocycles. The zero-order chi connectivity index (χ0) is 19.5. The van der Waals surface area contributed by atoms with E-state index in [0.717, 1.165) is 53.7 Å². The van der Waals surface area contributed by atoms with Gasteiger partial charge in [0.2, 0.25) is 0 Å². The van der Waals surface area contributed by atoms with Crippen molar-refractivity contribution in [2.24, 2.45) is 0 Å². The first-order chi connectivity index (χ1) is 13.6. The summed E-state index contributed by atoms with van der Waals surface area (Å²) in [5.41, 5.74) is 3.58. The van der Waals surface area contributed by atoms with Gasteiger partial charge in [-0.1, -0.05) is 28.1 Å². The number of likely N-dealkylation sites (tertiary alicyclic amines) is 1. The Labute approximate surface area is 172 Å². The van der Waals surface area contributed by atoms with E-state index in [1.165, 1.54) is 5.56 Å². The van der Waals surface area contributed by atoms with Crippen molar-refractivity contribution in [1.82, 2.24) is 20.2 Å². The van der Waals surface area contributed by atoms with Crippen LogP contribution < -0.4 is 10.6 Å². The Morgan fingerprint density at radius 2 is 2.14 bits per heavy atom. The predicted molar refractivity (Wildman–Crippen MR) is 116 cm³/mol. The van der Waals surface area contributed by atoms with Crippen molar-refractivity contribution in [3.05, 3.63) is 58.3 Å². The van der Waals surface area contributed by atoms with Gasteiger partial charge in [0.1, 0.15) is 5.65 Å². The highest BCUT2D eigenvalue weighted by Gasteiger charge is 2.22. The van der Waals surface area contributed by atoms with Crippen molar-refractivity contribution in [3.63, 3.8) is 0 Å². The molecule has 3 heterocycles. The summed E-state index contributed by atoms with van der Waals surface area (Å²) in [6.45, 7) is 3.02. The number of rotatable bonds is 5. The number of aromatic amines is 1. The minimum Gasteiger partial charge on any atom is -0.381 e. The fourth-order valence-corrected chi connectivity index (χ4v) is 4.25. The van der Waals surface area contributed by atoms with E-state index in [0.29, 0.717) is 11.6 Å². The second kappa shape index (κ2) is 8.32. The van der Waals surface area contributed by atoms with Gasteiger partial charge in [-0.25, -0.2) is 4.98 Å². The van der Waals surface area contributed by atoms with Crippen LogP contribution in [0.5, 0.6) is 0 Å². The standard InChI is InChI=1S/C21H24BrN5O/c1-23-21(28)18-12-25-20-17(5-8-24-20)19(18)26-16-6-9-27(10-7-16)13-14-3-2-4-15(22)11-14/h2-5,8,11-12,16H,6-7,9-10,13H2,1H3,(H,23,28)(H2,24,25,26). The van der Waals surface area contributed by atoms with Crippen LogP contribution in [0.2, 0.25) is 0 Å². The number of amides is 1. The molecular formula is C21H24BrN5O. The van der Waals surface area contributed by atoms with Gasteiger partial charge >= 0.3 is 0 Å². The molecule has 1 amide bonds. The smallest absolute Gasteiger partial charge is 0.254 e. The summed E-state index contributed by atoms with van der Waals surface area (Å²) in [6, 6.07) is 10.8. The zero-order valence-corrected chi connectivity index (χ0v) is 17.4. The van der Waals surface area contributed by atoms with E-state index in [4.69, 9.17) is 0 Å². The molecule has 0 saturated carbocycles. The van der Waals surface area contributed by atoms with E-state index in [2.05, 4.69) is 65.7 Å². The van der Waals surface area contributed by atoms with Crippen molar-refractivity contribution in [3.8, 4) is 0 Å². The molecule has 7 heteroatoms. The minimum atomic E-state index is -0.120. The van der Waals surface area contributed by atoms with Crippen LogP contribution in [0.4, 0.5) is 5.69 Å². The van der Waals surface area contributed by atoms with Crippen molar-refractivity contribution >= 4 is 38.6 Å². The molecule has 0 spiro atoms. The van der Waals surface area contributed by atoms with E-state index in [-0.39, 0.29) is 5.91 Å². The number of nitrogens with zero attached hydrogens (tertiary/aromatic N) is 2. The summed E-state index contributed by atoms with van der Waals surface area (Å²) < 4.78 is 1.12. The van der Waals surface area contributed by atoms with Gasteiger partial charge in [0, 0.05) is 55.0 Å². The normalized spacial score (nSPS) is 15.6. The van der Waals surface area contributed by atoms with Gasteiger partial charge in [-0.15, -0.1) is 0 Å². The Hall–Kier alpha value is -2.38. The number of fused-ring (bicyclic) bond motifs is 1. The lowest BCUT2D eigenvalue weighted by Gasteiger charge is -2.33. The Morgan fingerprint density at radius 3 is 2.89 bits per heavy atom. The topological polar surface area (TPSA) is 73.0 Å². The van der Waals surface area contributed by atoms with Gasteiger partial charge in [0.15, 0.2) is 0 Å². The lowest BCUT2D eigenvalue weighted by molar-refractivity contribution is 0.0963. The Kier molecular flexibility index (Phi) is 5.64. The van der Waals surface area contributed by atoms with Crippen molar-refractivity contribution in [1.29, 1.82) is 0 Å². The number of hydrogen-bond acceptors (Lipinski definition) is 4. The van der Waals surface area contributed by atoms with Crippen LogP contribution in [-0.4, -0.2) is 47.0 Å². The highest BCUT2D eigenvalue weighted by atomic mass is 79.9. The Morgan fingerprint density at radius 1 is 1.32 bits per heavy atom. The quantitative estimate of drug-likeness (QED) is 0.563. The second-order valence-electron chi connectivity index (χ2n) is 7.19. The molecule has 4 rings (SSSR count). The largest absolute Gasteiger partial charge is 0.381 e. The molecular weight excluding hydrogens is 418 g/mol. The van der Waals surface area contributed by atoms with Crippen LogP contribution in [0.15, 0.2) is 47.2 Å². The summed E-state index contributed by atoms with van der Waals surface area (Å²) in [7, 11) is 1.65. The predicted octanol–water partition coefficient (Wildman–Crippen LogP) is 3.76. The Balaban J connectivity index is 1.45. The Bertz CT molecular complexity index is 978. The highest BCUT2D eigenvalue weighted by Crippen LogP contribution is 2.28. The van der Waals surface area contributed by atoms with Gasteiger partial charge in [-0.2, -0.15) is 0 Å². The molecule has 0 radical (unpaired) electrons. The maximum absolute atomic E-state index is 12.3. The number of anilines is 1. The number of piperidine rings is 1. The maximum atomic E-state index is 12.3. The molecule has 1 aliphatic rings. The van der Waals surface area contributed by atoms with Crippen LogP contribution >= 0.6 is 15.9 Å². The number of benzene rings is 1. The summed E-state index contributed by atoms with van der Waals surface area (Å²) >= 11 is 3.55. The van der Waals surface area contributed by atoms with Crippen molar-refractivity contribution in [2.45, 2.75) is 25.4 Å². The average Bonchev–Trinajstić information content (AvgIpc) is 3.18. The third-order valence-electron chi connectivity index (χ3n) is 5.29. The van der Waals surface area contributed by atoms with Crippen LogP contribution in [0.3, 0.4) is 0 Å². The molecule has 0 unspecified atom stereocenters. The molecule has 146 valence electrons. The molecule has 0 bridgehead atoms. The lowest BCUT2D eigenvalue weighted by atomic mass is 10.0. The van der Waals surface area contributed by atoms with E-state index in [9.17, 15) is 4.79 Å². The molecule has 1 aliphatic heterocycles. The maximum Gasteiger partial charge on any atom is 0.254 e. The molecule has 28 heavy (non-hydrogen) atoms. The van der Waals surface area contributed by atoms with Gasteiger partial charge in [0.25, 0.3) is 5.91 Å². The first-order valence-electron chi connectivity index (χ1n) is 9.55.